The van der Waals surface area contributed by atoms with Crippen molar-refractivity contribution in [2.75, 3.05) is 14.1 Å². The van der Waals surface area contributed by atoms with Crippen molar-refractivity contribution in [3.8, 4) is 0 Å². The van der Waals surface area contributed by atoms with Crippen molar-refractivity contribution in [1.82, 2.24) is 10.6 Å². The molecule has 0 aromatic heterocycles. The lowest BCUT2D eigenvalue weighted by Gasteiger charge is -2.01. The molecule has 2 N–H and O–H groups in total. The van der Waals surface area contributed by atoms with Gasteiger partial charge >= 0.3 is 0 Å². The lowest BCUT2D eigenvalue weighted by atomic mass is 10.1. The monoisotopic (exact) mass is 194 g/mol. The molecule has 0 atom stereocenters. The normalized spacial score (nSPS) is 11.8. The van der Waals surface area contributed by atoms with Gasteiger partial charge in [0.2, 0.25) is 0 Å². The van der Waals surface area contributed by atoms with Crippen LogP contribution in [0.1, 0.15) is 26.2 Å². The van der Waals surface area contributed by atoms with Crippen molar-refractivity contribution < 1.29 is 0 Å². The first-order chi connectivity index (χ1) is 6.74. The number of likely N-dealkylation sites (N-methyl/N-ethyl adjacent to an activating group) is 1. The largest absolute Gasteiger partial charge is 0.392 e. The highest BCUT2D eigenvalue weighted by molar-refractivity contribution is 5.24. The van der Waals surface area contributed by atoms with Gasteiger partial charge in [-0.05, 0) is 18.9 Å². The molecule has 0 aliphatic heterocycles. The zero-order valence-corrected chi connectivity index (χ0v) is 9.56. The van der Waals surface area contributed by atoms with Crippen LogP contribution in [0, 0.1) is 0 Å². The van der Waals surface area contributed by atoms with E-state index in [-0.39, 0.29) is 0 Å². The number of nitrogens with one attached hydrogen (secondary N) is 2. The lowest BCUT2D eigenvalue weighted by molar-refractivity contribution is 0.799. The van der Waals surface area contributed by atoms with E-state index in [2.05, 4.69) is 30.2 Å². The van der Waals surface area contributed by atoms with E-state index in [9.17, 15) is 0 Å². The fourth-order valence-corrected chi connectivity index (χ4v) is 1.05. The van der Waals surface area contributed by atoms with Gasteiger partial charge in [0, 0.05) is 26.0 Å². The third-order valence-electron chi connectivity index (χ3n) is 1.94. The molecule has 2 heteroatoms. The maximum Gasteiger partial charge on any atom is 0.0497 e. The topological polar surface area (TPSA) is 24.1 Å². The van der Waals surface area contributed by atoms with Crippen molar-refractivity contribution in [3.63, 3.8) is 0 Å². The Hall–Kier alpha value is -1.18. The molecule has 0 radical (unpaired) electrons. The van der Waals surface area contributed by atoms with E-state index in [1.54, 1.807) is 0 Å². The second kappa shape index (κ2) is 8.42. The van der Waals surface area contributed by atoms with E-state index in [0.717, 1.165) is 12.1 Å². The molecule has 0 rings (SSSR count). The first-order valence-electron chi connectivity index (χ1n) is 5.15. The average molecular weight is 194 g/mol. The quantitative estimate of drug-likeness (QED) is 0.609. The van der Waals surface area contributed by atoms with Crippen LogP contribution in [0.15, 0.2) is 36.2 Å². The van der Waals surface area contributed by atoms with Gasteiger partial charge in [0.05, 0.1) is 0 Å². The second-order valence-electron chi connectivity index (χ2n) is 3.23. The lowest BCUT2D eigenvalue weighted by Crippen LogP contribution is -2.07. The summed E-state index contributed by atoms with van der Waals surface area (Å²) in [6.45, 7) is 6.19. The van der Waals surface area contributed by atoms with Crippen molar-refractivity contribution in [1.29, 1.82) is 0 Å². The van der Waals surface area contributed by atoms with Crippen molar-refractivity contribution in [3.05, 3.63) is 36.2 Å². The molecule has 0 spiro atoms. The minimum absolute atomic E-state index is 1.06. The van der Waals surface area contributed by atoms with Gasteiger partial charge in [0.1, 0.15) is 0 Å². The first kappa shape index (κ1) is 12.8. The van der Waals surface area contributed by atoms with E-state index in [0.29, 0.717) is 0 Å². The number of unbranched alkanes of at least 4 members (excludes halogenated alkanes) is 1. The molecule has 0 unspecified atom stereocenters. The second-order valence-corrected chi connectivity index (χ2v) is 3.23. The number of hydrogen-bond donors (Lipinski definition) is 2. The molecule has 80 valence electrons. The summed E-state index contributed by atoms with van der Waals surface area (Å²) in [5.41, 5.74) is 2.24. The highest BCUT2D eigenvalue weighted by Gasteiger charge is 1.89. The molecule has 0 aliphatic rings. The molecule has 0 amide bonds. The van der Waals surface area contributed by atoms with E-state index >= 15 is 0 Å². The van der Waals surface area contributed by atoms with Crippen LogP contribution >= 0.6 is 0 Å². The first-order valence-corrected chi connectivity index (χ1v) is 5.15. The molecule has 0 aromatic rings. The summed E-state index contributed by atoms with van der Waals surface area (Å²) < 4.78 is 0. The zero-order valence-electron chi connectivity index (χ0n) is 9.56. The Balaban J connectivity index is 4.00. The van der Waals surface area contributed by atoms with Crippen LogP contribution < -0.4 is 10.6 Å². The molecule has 0 saturated heterocycles. The van der Waals surface area contributed by atoms with Gasteiger partial charge in [-0.3, -0.25) is 0 Å². The Bertz CT molecular complexity index is 214. The fraction of sp³-hybridized carbons (Fsp3) is 0.500. The molecule has 2 nitrogen and oxygen atoms in total. The average Bonchev–Trinajstić information content (AvgIpc) is 2.21. The van der Waals surface area contributed by atoms with Crippen LogP contribution in [-0.2, 0) is 0 Å². The summed E-state index contributed by atoms with van der Waals surface area (Å²) >= 11 is 0. The van der Waals surface area contributed by atoms with Gasteiger partial charge in [0.25, 0.3) is 0 Å². The number of allylic oxidation sites excluding steroid dienone is 3. The summed E-state index contributed by atoms with van der Waals surface area (Å²) in [4.78, 5) is 0. The molecular formula is C12H22N2. The Morgan fingerprint density at radius 1 is 1.29 bits per heavy atom. The van der Waals surface area contributed by atoms with Gasteiger partial charge in [-0.15, -0.1) is 0 Å². The summed E-state index contributed by atoms with van der Waals surface area (Å²) in [5, 5.41) is 6.07. The maximum absolute atomic E-state index is 4.00. The Morgan fingerprint density at radius 3 is 2.50 bits per heavy atom. The van der Waals surface area contributed by atoms with Gasteiger partial charge in [-0.25, -0.2) is 0 Å². The van der Waals surface area contributed by atoms with Gasteiger partial charge in [-0.2, -0.15) is 0 Å². The minimum atomic E-state index is 1.06. The smallest absolute Gasteiger partial charge is 0.0497 e. The number of rotatable bonds is 7. The van der Waals surface area contributed by atoms with Gasteiger partial charge in [0.15, 0.2) is 0 Å². The van der Waals surface area contributed by atoms with E-state index in [1.807, 2.05) is 26.4 Å². The van der Waals surface area contributed by atoms with Crippen LogP contribution in [0.4, 0.5) is 0 Å². The molecular weight excluding hydrogens is 172 g/mol. The van der Waals surface area contributed by atoms with Crippen LogP contribution in [0.5, 0.6) is 0 Å². The highest BCUT2D eigenvalue weighted by atomic mass is 14.9. The summed E-state index contributed by atoms with van der Waals surface area (Å²) in [6.07, 6.45) is 9.54. The van der Waals surface area contributed by atoms with Crippen molar-refractivity contribution in [2.45, 2.75) is 26.2 Å². The summed E-state index contributed by atoms with van der Waals surface area (Å²) in [6, 6.07) is 0. The minimum Gasteiger partial charge on any atom is -0.392 e. The standard InChI is InChI=1S/C12H22N2/c1-5-6-7-11(2)8-9-12(14-4)10-13-3/h8-10,13-14H,2,5-7H2,1,3-4H3/b9-8-,12-10+. The Kier molecular flexibility index (Phi) is 7.71. The van der Waals surface area contributed by atoms with E-state index in [1.165, 1.54) is 18.4 Å². The van der Waals surface area contributed by atoms with Crippen LogP contribution in [0.25, 0.3) is 0 Å². The molecule has 0 bridgehead atoms. The van der Waals surface area contributed by atoms with Crippen molar-refractivity contribution >= 4 is 0 Å². The van der Waals surface area contributed by atoms with Gasteiger partial charge < -0.3 is 10.6 Å². The zero-order chi connectivity index (χ0) is 10.8. The van der Waals surface area contributed by atoms with Gasteiger partial charge in [-0.1, -0.05) is 31.6 Å². The molecule has 0 heterocycles. The highest BCUT2D eigenvalue weighted by Crippen LogP contribution is 2.06. The Labute approximate surface area is 87.8 Å². The third kappa shape index (κ3) is 6.35. The molecule has 0 saturated carbocycles. The molecule has 0 aliphatic carbocycles. The fourth-order valence-electron chi connectivity index (χ4n) is 1.05. The number of hydrogen-bond acceptors (Lipinski definition) is 2. The maximum atomic E-state index is 4.00. The van der Waals surface area contributed by atoms with E-state index < -0.39 is 0 Å². The van der Waals surface area contributed by atoms with Crippen LogP contribution in [0.2, 0.25) is 0 Å². The molecule has 14 heavy (non-hydrogen) atoms. The third-order valence-corrected chi connectivity index (χ3v) is 1.94. The molecule has 0 aromatic carbocycles. The van der Waals surface area contributed by atoms with Crippen molar-refractivity contribution in [2.24, 2.45) is 0 Å². The molecule has 0 fully saturated rings. The van der Waals surface area contributed by atoms with E-state index in [4.69, 9.17) is 0 Å². The van der Waals surface area contributed by atoms with Crippen LogP contribution in [0.3, 0.4) is 0 Å². The predicted octanol–water partition coefficient (Wildman–Crippen LogP) is 2.57. The SMILES string of the molecule is C=C(/C=C\C(=C/NC)NC)CCCC. The summed E-state index contributed by atoms with van der Waals surface area (Å²) in [5.74, 6) is 0. The van der Waals surface area contributed by atoms with Crippen LogP contribution in [-0.4, -0.2) is 14.1 Å². The Morgan fingerprint density at radius 2 is 2.00 bits per heavy atom. The predicted molar refractivity (Wildman–Crippen MR) is 64.0 cm³/mol. The summed E-state index contributed by atoms with van der Waals surface area (Å²) in [7, 11) is 3.79.